The molecule has 0 radical (unpaired) electrons. The molecule has 2 aromatic rings. The second kappa shape index (κ2) is 40.8. The minimum atomic E-state index is -1.64. The van der Waals surface area contributed by atoms with Gasteiger partial charge in [0, 0.05) is 45.3 Å². The predicted octanol–water partition coefficient (Wildman–Crippen LogP) is -3.27. The lowest BCUT2D eigenvalue weighted by Gasteiger charge is -2.32. The van der Waals surface area contributed by atoms with Crippen LogP contribution in [0.5, 0.6) is 0 Å². The second-order valence-electron chi connectivity index (χ2n) is 24.5. The zero-order valence-electron chi connectivity index (χ0n) is 54.8. The maximum Gasteiger partial charge on any atom is 0.245 e. The summed E-state index contributed by atoms with van der Waals surface area (Å²) in [5, 5.41) is 21.1. The topological polar surface area (TPSA) is 519 Å². The number of hydrogen-bond acceptors (Lipinski definition) is 16. The molecule has 0 spiro atoms. The van der Waals surface area contributed by atoms with E-state index in [1.165, 1.54) is 9.80 Å². The van der Waals surface area contributed by atoms with Crippen molar-refractivity contribution in [3.05, 3.63) is 71.8 Å². The average molecular weight is 1330 g/mol. The third-order valence-corrected chi connectivity index (χ3v) is 16.3. The number of amides is 13. The number of carbonyl (C=O) groups excluding carboxylic acids is 13. The Kier molecular flexibility index (Phi) is 33.5. The normalized spacial score (nSPS) is 16.8. The van der Waals surface area contributed by atoms with Crippen molar-refractivity contribution in [3.8, 4) is 0 Å². The first kappa shape index (κ1) is 78.2. The molecule has 0 saturated carbocycles. The first-order chi connectivity index (χ1) is 45.2. The highest BCUT2D eigenvalue weighted by Crippen LogP contribution is 2.24. The van der Waals surface area contributed by atoms with Crippen molar-refractivity contribution in [3.63, 3.8) is 0 Å². The number of unbranched alkanes of at least 4 members (excludes halogenated alkanes) is 2. The number of guanidine groups is 1. The summed E-state index contributed by atoms with van der Waals surface area (Å²) in [6, 6.07) is 4.55. The summed E-state index contributed by atoms with van der Waals surface area (Å²) in [7, 11) is 0. The van der Waals surface area contributed by atoms with Gasteiger partial charge in [0.2, 0.25) is 76.8 Å². The lowest BCUT2D eigenvalue weighted by Crippen LogP contribution is -2.60. The summed E-state index contributed by atoms with van der Waals surface area (Å²) in [5.41, 5.74) is 40.6. The minimum Gasteiger partial charge on any atom is -0.370 e. The SMILES string of the molecule is CCCC[C@H](NC(=O)[C@H](CC(C)C)NC(=O)CNC(=O)[C@H](Cc1ccccc1)NC(=O)[C@H](Cc1ccccc1)NC(=O)[C@@H](CCC(N)=O)NC(=O)[C@@H](CCC(N)=O)NC(=O)[C@H]1CCCN1C(=O)[C@H](CCCCN)NC(=O)[C@@H]1CCCN1C(=O)[C@@H](N)CCCN=C(N)N)C(N)=O. The zero-order chi connectivity index (χ0) is 70.1. The van der Waals surface area contributed by atoms with Gasteiger partial charge in [-0.1, -0.05) is 94.3 Å². The molecule has 2 fully saturated rings. The average Bonchev–Trinajstić information content (AvgIpc) is 1.74. The number of nitrogens with zero attached hydrogens (tertiary/aromatic N) is 3. The Morgan fingerprint density at radius 2 is 0.979 bits per heavy atom. The van der Waals surface area contributed by atoms with Crippen LogP contribution in [0.2, 0.25) is 0 Å². The molecule has 31 nitrogen and oxygen atoms in total. The van der Waals surface area contributed by atoms with Gasteiger partial charge in [0.25, 0.3) is 0 Å². The highest BCUT2D eigenvalue weighted by Gasteiger charge is 2.42. The highest BCUT2D eigenvalue weighted by atomic mass is 16.2. The van der Waals surface area contributed by atoms with Gasteiger partial charge in [0.05, 0.1) is 12.6 Å². The molecular weight excluding hydrogens is 1230 g/mol. The third kappa shape index (κ3) is 27.3. The van der Waals surface area contributed by atoms with Gasteiger partial charge in [-0.05, 0) is 107 Å². The molecule has 2 saturated heterocycles. The number of benzene rings is 2. The monoisotopic (exact) mass is 1330 g/mol. The van der Waals surface area contributed by atoms with E-state index in [2.05, 4.69) is 47.5 Å². The first-order valence-electron chi connectivity index (χ1n) is 32.7. The first-order valence-corrected chi connectivity index (χ1v) is 32.7. The molecule has 95 heavy (non-hydrogen) atoms. The van der Waals surface area contributed by atoms with Crippen molar-refractivity contribution in [2.75, 3.05) is 32.7 Å². The number of carbonyl (C=O) groups is 13. The minimum absolute atomic E-state index is 0.0741. The maximum absolute atomic E-state index is 14.7. The van der Waals surface area contributed by atoms with Crippen molar-refractivity contribution >= 4 is 82.8 Å². The van der Waals surface area contributed by atoms with Crippen molar-refractivity contribution < 1.29 is 62.3 Å². The Morgan fingerprint density at radius 3 is 1.47 bits per heavy atom. The maximum atomic E-state index is 14.7. The lowest BCUT2D eigenvalue weighted by atomic mass is 10.0. The summed E-state index contributed by atoms with van der Waals surface area (Å²) in [5.74, 6) is -10.3. The Labute approximate surface area is 554 Å². The number of rotatable bonds is 42. The Bertz CT molecular complexity index is 2950. The Morgan fingerprint density at radius 1 is 0.516 bits per heavy atom. The highest BCUT2D eigenvalue weighted by molar-refractivity contribution is 5.99. The number of hydrogen-bond donors (Lipinski definition) is 15. The predicted molar refractivity (Wildman–Crippen MR) is 352 cm³/mol. The van der Waals surface area contributed by atoms with Crippen LogP contribution in [0.4, 0.5) is 0 Å². The van der Waals surface area contributed by atoms with Gasteiger partial charge in [0.15, 0.2) is 5.96 Å². The molecule has 2 aliphatic rings. The molecule has 0 bridgehead atoms. The van der Waals surface area contributed by atoms with E-state index in [0.29, 0.717) is 62.5 Å². The van der Waals surface area contributed by atoms with Crippen LogP contribution in [0.3, 0.4) is 0 Å². The summed E-state index contributed by atoms with van der Waals surface area (Å²) in [6.45, 7) is 5.79. The van der Waals surface area contributed by atoms with Gasteiger partial charge in [-0.2, -0.15) is 0 Å². The summed E-state index contributed by atoms with van der Waals surface area (Å²) < 4.78 is 0. The molecule has 31 heteroatoms. The van der Waals surface area contributed by atoms with Crippen LogP contribution in [-0.4, -0.2) is 186 Å². The molecular formula is C64H100N18O13. The standard InChI is InChI=1S/C64H100N18O13/c1-4-5-22-42(54(69)86)75-58(90)46(34-38(2)3)74-53(85)37-73-55(87)47(35-39-17-8-6-9-18-39)79-59(91)48(36-40-19-10-7-11-20-40)80-57(89)43(26-28-51(67)83)76-56(88)44(27-29-52(68)84)77-60(92)50-25-16-33-82(50)63(95)45(23-12-13-30-65)78-61(93)49-24-15-32-81(49)62(94)41(66)21-14-31-72-64(70)71/h6-11,17-20,38,41-50H,4-5,12-16,21-37,65-66H2,1-3H3,(H2,67,83)(H2,68,84)(H2,69,86)(H,73,87)(H,74,85)(H,75,90)(H,76,88)(H,77,92)(H,78,93)(H,79,91)(H,80,89)(H4,70,71,72)/t41-,42-,43+,44+,45-,46-,47-,48-,49-,50+/m0/s1. The molecule has 0 aliphatic carbocycles. The lowest BCUT2D eigenvalue weighted by molar-refractivity contribution is -0.144. The van der Waals surface area contributed by atoms with Crippen LogP contribution in [0.1, 0.15) is 141 Å². The van der Waals surface area contributed by atoms with E-state index in [1.807, 2.05) is 20.8 Å². The van der Waals surface area contributed by atoms with Crippen LogP contribution in [0.15, 0.2) is 65.7 Å². The second-order valence-corrected chi connectivity index (χ2v) is 24.5. The van der Waals surface area contributed by atoms with Crippen LogP contribution in [0, 0.1) is 5.92 Å². The fourth-order valence-corrected chi connectivity index (χ4v) is 11.2. The van der Waals surface area contributed by atoms with Gasteiger partial charge in [0.1, 0.15) is 54.4 Å². The number of nitrogens with two attached hydrogens (primary N) is 7. The fraction of sp³-hybridized carbons (Fsp3) is 0.594. The molecule has 4 rings (SSSR count). The van der Waals surface area contributed by atoms with E-state index < -0.39 is 169 Å². The van der Waals surface area contributed by atoms with Crippen molar-refractivity contribution in [2.24, 2.45) is 51.0 Å². The van der Waals surface area contributed by atoms with Crippen molar-refractivity contribution in [1.29, 1.82) is 0 Å². The van der Waals surface area contributed by atoms with Crippen molar-refractivity contribution in [2.45, 2.75) is 203 Å². The largest absolute Gasteiger partial charge is 0.370 e. The van der Waals surface area contributed by atoms with Crippen LogP contribution in [-0.2, 0) is 75.2 Å². The van der Waals surface area contributed by atoms with E-state index in [4.69, 9.17) is 40.1 Å². The van der Waals surface area contributed by atoms with E-state index in [9.17, 15) is 62.3 Å². The van der Waals surface area contributed by atoms with Crippen LogP contribution < -0.4 is 82.7 Å². The molecule has 2 aromatic carbocycles. The third-order valence-electron chi connectivity index (χ3n) is 16.3. The summed E-state index contributed by atoms with van der Waals surface area (Å²) in [6.07, 6.45) is 2.69. The van der Waals surface area contributed by atoms with Gasteiger partial charge in [-0.3, -0.25) is 67.3 Å². The van der Waals surface area contributed by atoms with Gasteiger partial charge >= 0.3 is 0 Å². The number of likely N-dealkylation sites (tertiary alicyclic amines) is 2. The van der Waals surface area contributed by atoms with E-state index in [1.54, 1.807) is 60.7 Å². The smallest absolute Gasteiger partial charge is 0.245 e. The van der Waals surface area contributed by atoms with Crippen molar-refractivity contribution in [1.82, 2.24) is 52.3 Å². The number of primary amides is 3. The van der Waals surface area contributed by atoms with Gasteiger partial charge in [-0.15, -0.1) is 0 Å². The molecule has 524 valence electrons. The van der Waals surface area contributed by atoms with E-state index >= 15 is 0 Å². The zero-order valence-corrected chi connectivity index (χ0v) is 54.8. The quantitative estimate of drug-likeness (QED) is 0.0176. The molecule has 0 aromatic heterocycles. The van der Waals surface area contributed by atoms with E-state index in [-0.39, 0.29) is 76.6 Å². The van der Waals surface area contributed by atoms with E-state index in [0.717, 1.165) is 6.42 Å². The molecule has 0 unspecified atom stereocenters. The Hall–Kier alpha value is -9.26. The van der Waals surface area contributed by atoms with Gasteiger partial charge in [-0.25, -0.2) is 0 Å². The Balaban J connectivity index is 1.56. The molecule has 2 heterocycles. The van der Waals surface area contributed by atoms with Crippen LogP contribution in [0.25, 0.3) is 0 Å². The summed E-state index contributed by atoms with van der Waals surface area (Å²) >= 11 is 0. The molecule has 13 amide bonds. The summed E-state index contributed by atoms with van der Waals surface area (Å²) in [4.78, 5) is 185. The van der Waals surface area contributed by atoms with Crippen LogP contribution >= 0.6 is 0 Å². The number of nitrogens with one attached hydrogen (secondary N) is 8. The molecule has 2 aliphatic heterocycles. The fourth-order valence-electron chi connectivity index (χ4n) is 11.2. The molecule has 10 atom stereocenters. The van der Waals surface area contributed by atoms with Gasteiger partial charge < -0.3 is 92.5 Å². The number of aliphatic imine (C=N–C) groups is 1. The molecule has 22 N–H and O–H groups in total.